The number of hydrogen-bond acceptors (Lipinski definition) is 4. The average Bonchev–Trinajstić information content (AvgIpc) is 3.31. The van der Waals surface area contributed by atoms with Gasteiger partial charge in [-0.15, -0.1) is 0 Å². The number of aliphatic hydroxyl groups excluding tert-OH is 1. The lowest BCUT2D eigenvalue weighted by atomic mass is 10.1. The Bertz CT molecular complexity index is 787. The summed E-state index contributed by atoms with van der Waals surface area (Å²) in [5.41, 5.74) is 2.16. The molecular weight excluding hydrogens is 306 g/mol. The van der Waals surface area contributed by atoms with Crippen LogP contribution in [0.5, 0.6) is 0 Å². The fourth-order valence-corrected chi connectivity index (χ4v) is 2.45. The molecule has 2 aromatic heterocycles. The van der Waals surface area contributed by atoms with Crippen LogP contribution in [0.3, 0.4) is 0 Å². The van der Waals surface area contributed by atoms with E-state index in [0.717, 1.165) is 12.0 Å². The highest BCUT2D eigenvalue weighted by Gasteiger charge is 2.19. The number of carbonyl (C=O) groups excluding carboxylic acids is 1. The van der Waals surface area contributed by atoms with Gasteiger partial charge in [0.15, 0.2) is 5.76 Å². The minimum Gasteiger partial charge on any atom is -0.467 e. The van der Waals surface area contributed by atoms with Crippen molar-refractivity contribution >= 4 is 5.91 Å². The fourth-order valence-electron chi connectivity index (χ4n) is 2.45. The van der Waals surface area contributed by atoms with Gasteiger partial charge in [-0.3, -0.25) is 4.79 Å². The molecule has 0 saturated heterocycles. The topological polar surface area (TPSA) is 75.6 Å². The molecular formula is C19H19NO4. The summed E-state index contributed by atoms with van der Waals surface area (Å²) in [7, 11) is 0. The molecule has 0 saturated carbocycles. The lowest BCUT2D eigenvalue weighted by Crippen LogP contribution is -2.30. The SMILES string of the molecule is CCc1ccc(-c2ccc(C(=O)NC(CO)c3ccco3)o2)cc1. The number of aryl methyl sites for hydroxylation is 1. The van der Waals surface area contributed by atoms with Crippen LogP contribution in [0, 0.1) is 0 Å². The van der Waals surface area contributed by atoms with E-state index < -0.39 is 11.9 Å². The van der Waals surface area contributed by atoms with Gasteiger partial charge >= 0.3 is 0 Å². The third-order valence-corrected chi connectivity index (χ3v) is 3.85. The third kappa shape index (κ3) is 3.41. The zero-order chi connectivity index (χ0) is 16.9. The van der Waals surface area contributed by atoms with Crippen LogP contribution < -0.4 is 5.32 Å². The first-order valence-electron chi connectivity index (χ1n) is 7.85. The zero-order valence-corrected chi connectivity index (χ0v) is 13.4. The Labute approximate surface area is 139 Å². The van der Waals surface area contributed by atoms with Crippen LogP contribution in [0.2, 0.25) is 0 Å². The van der Waals surface area contributed by atoms with Crippen LogP contribution >= 0.6 is 0 Å². The van der Waals surface area contributed by atoms with Gasteiger partial charge in [0, 0.05) is 5.56 Å². The first-order valence-corrected chi connectivity index (χ1v) is 7.85. The Hall–Kier alpha value is -2.79. The van der Waals surface area contributed by atoms with E-state index in [1.165, 1.54) is 11.8 Å². The summed E-state index contributed by atoms with van der Waals surface area (Å²) in [5.74, 6) is 0.908. The molecule has 0 radical (unpaired) electrons. The van der Waals surface area contributed by atoms with E-state index in [2.05, 4.69) is 12.2 Å². The monoisotopic (exact) mass is 325 g/mol. The molecule has 5 nitrogen and oxygen atoms in total. The van der Waals surface area contributed by atoms with Crippen LogP contribution in [0.25, 0.3) is 11.3 Å². The molecule has 24 heavy (non-hydrogen) atoms. The van der Waals surface area contributed by atoms with E-state index in [1.54, 1.807) is 24.3 Å². The van der Waals surface area contributed by atoms with Crippen molar-refractivity contribution in [3.63, 3.8) is 0 Å². The highest BCUT2D eigenvalue weighted by Crippen LogP contribution is 2.23. The highest BCUT2D eigenvalue weighted by atomic mass is 16.4. The molecule has 1 amide bonds. The molecule has 0 fully saturated rings. The van der Waals surface area contributed by atoms with Gasteiger partial charge in [-0.2, -0.15) is 0 Å². The summed E-state index contributed by atoms with van der Waals surface area (Å²) >= 11 is 0. The van der Waals surface area contributed by atoms with Crippen LogP contribution in [-0.2, 0) is 6.42 Å². The molecule has 0 spiro atoms. The smallest absolute Gasteiger partial charge is 0.287 e. The Balaban J connectivity index is 1.73. The molecule has 124 valence electrons. The van der Waals surface area contributed by atoms with E-state index in [0.29, 0.717) is 11.5 Å². The lowest BCUT2D eigenvalue weighted by Gasteiger charge is -2.12. The van der Waals surface area contributed by atoms with E-state index in [4.69, 9.17) is 8.83 Å². The molecule has 3 rings (SSSR count). The number of aliphatic hydroxyl groups is 1. The number of nitrogens with one attached hydrogen (secondary N) is 1. The second-order valence-electron chi connectivity index (χ2n) is 5.44. The quantitative estimate of drug-likeness (QED) is 0.726. The largest absolute Gasteiger partial charge is 0.467 e. The van der Waals surface area contributed by atoms with Gasteiger partial charge in [0.05, 0.1) is 12.9 Å². The van der Waals surface area contributed by atoms with Crippen LogP contribution in [0.4, 0.5) is 0 Å². The van der Waals surface area contributed by atoms with Crippen LogP contribution in [0.15, 0.2) is 63.6 Å². The number of amides is 1. The highest BCUT2D eigenvalue weighted by molar-refractivity contribution is 5.92. The van der Waals surface area contributed by atoms with Crippen LogP contribution in [0.1, 0.15) is 34.8 Å². The summed E-state index contributed by atoms with van der Waals surface area (Å²) in [4.78, 5) is 12.3. The normalized spacial score (nSPS) is 12.1. The van der Waals surface area contributed by atoms with Crippen molar-refractivity contribution in [1.29, 1.82) is 0 Å². The summed E-state index contributed by atoms with van der Waals surface area (Å²) < 4.78 is 10.9. The summed E-state index contributed by atoms with van der Waals surface area (Å²) in [6.45, 7) is 1.84. The van der Waals surface area contributed by atoms with Gasteiger partial charge in [-0.1, -0.05) is 31.2 Å². The fraction of sp³-hybridized carbons (Fsp3) is 0.211. The standard InChI is InChI=1S/C19H19NO4/c1-2-13-5-7-14(8-6-13)16-9-10-18(24-16)19(22)20-15(12-21)17-4-3-11-23-17/h3-11,15,21H,2,12H2,1H3,(H,20,22). The summed E-state index contributed by atoms with van der Waals surface area (Å²) in [5, 5.41) is 12.1. The predicted molar refractivity (Wildman–Crippen MR) is 89.5 cm³/mol. The third-order valence-electron chi connectivity index (χ3n) is 3.85. The molecule has 0 aliphatic rings. The minimum absolute atomic E-state index is 0.189. The maximum Gasteiger partial charge on any atom is 0.287 e. The van der Waals surface area contributed by atoms with Gasteiger partial charge in [0.2, 0.25) is 0 Å². The minimum atomic E-state index is -0.607. The molecule has 2 N–H and O–H groups in total. The molecule has 1 unspecified atom stereocenters. The van der Waals surface area contributed by atoms with E-state index in [9.17, 15) is 9.90 Å². The number of carbonyl (C=O) groups is 1. The van der Waals surface area contributed by atoms with Crippen molar-refractivity contribution in [1.82, 2.24) is 5.32 Å². The molecule has 0 bridgehead atoms. The Kier molecular flexibility index (Phi) is 4.82. The van der Waals surface area contributed by atoms with Gasteiger partial charge in [0.1, 0.15) is 17.6 Å². The second kappa shape index (κ2) is 7.19. The van der Waals surface area contributed by atoms with E-state index >= 15 is 0 Å². The van der Waals surface area contributed by atoms with E-state index in [1.807, 2.05) is 24.3 Å². The second-order valence-corrected chi connectivity index (χ2v) is 5.44. The molecule has 5 heteroatoms. The Morgan fingerprint density at radius 2 is 1.96 bits per heavy atom. The Morgan fingerprint density at radius 1 is 1.17 bits per heavy atom. The van der Waals surface area contributed by atoms with Crippen molar-refractivity contribution in [3.05, 3.63) is 71.9 Å². The molecule has 2 heterocycles. The molecule has 3 aromatic rings. The maximum absolute atomic E-state index is 12.3. The average molecular weight is 325 g/mol. The number of benzene rings is 1. The van der Waals surface area contributed by atoms with Crippen molar-refractivity contribution in [3.8, 4) is 11.3 Å². The lowest BCUT2D eigenvalue weighted by molar-refractivity contribution is 0.0880. The van der Waals surface area contributed by atoms with Crippen molar-refractivity contribution in [2.75, 3.05) is 6.61 Å². The van der Waals surface area contributed by atoms with Gasteiger partial charge in [0.25, 0.3) is 5.91 Å². The van der Waals surface area contributed by atoms with Gasteiger partial charge in [-0.05, 0) is 36.2 Å². The maximum atomic E-state index is 12.3. The van der Waals surface area contributed by atoms with Crippen molar-refractivity contribution in [2.45, 2.75) is 19.4 Å². The first kappa shape index (κ1) is 16.1. The molecule has 0 aliphatic heterocycles. The zero-order valence-electron chi connectivity index (χ0n) is 13.4. The van der Waals surface area contributed by atoms with Gasteiger partial charge in [-0.25, -0.2) is 0 Å². The first-order chi connectivity index (χ1) is 11.7. The van der Waals surface area contributed by atoms with Gasteiger partial charge < -0.3 is 19.3 Å². The molecule has 0 aliphatic carbocycles. The number of furan rings is 2. The van der Waals surface area contributed by atoms with Crippen LogP contribution in [-0.4, -0.2) is 17.6 Å². The molecule has 1 atom stereocenters. The summed E-state index contributed by atoms with van der Waals surface area (Å²) in [6, 6.07) is 14.2. The predicted octanol–water partition coefficient (Wildman–Crippen LogP) is 3.57. The Morgan fingerprint density at radius 3 is 2.58 bits per heavy atom. The number of hydrogen-bond donors (Lipinski definition) is 2. The summed E-state index contributed by atoms with van der Waals surface area (Å²) in [6.07, 6.45) is 2.47. The van der Waals surface area contributed by atoms with E-state index in [-0.39, 0.29) is 12.4 Å². The van der Waals surface area contributed by atoms with Crippen molar-refractivity contribution in [2.24, 2.45) is 0 Å². The van der Waals surface area contributed by atoms with Crippen molar-refractivity contribution < 1.29 is 18.7 Å². The number of rotatable bonds is 6. The molecule has 1 aromatic carbocycles.